The summed E-state index contributed by atoms with van der Waals surface area (Å²) in [5, 5.41) is 0. The third-order valence-electron chi connectivity index (χ3n) is 4.96. The van der Waals surface area contributed by atoms with Crippen LogP contribution in [-0.4, -0.2) is 48.4 Å². The molecule has 0 N–H and O–H groups in total. The van der Waals surface area contributed by atoms with Gasteiger partial charge in [0.05, 0.1) is 6.54 Å². The molecule has 2 aromatic carbocycles. The summed E-state index contributed by atoms with van der Waals surface area (Å²) in [5.74, 6) is 0.978. The SMILES string of the molecule is Cc1cc(C)cc(OCCN(C)C(=O)c2cccc(CN3CCCC3=O)c2)c1. The first-order chi connectivity index (χ1) is 13.4. The van der Waals surface area contributed by atoms with Crippen LogP contribution >= 0.6 is 0 Å². The number of likely N-dealkylation sites (tertiary alicyclic amines) is 1. The number of likely N-dealkylation sites (N-methyl/N-ethyl adjacent to an activating group) is 1. The molecule has 0 saturated carbocycles. The van der Waals surface area contributed by atoms with Gasteiger partial charge in [-0.05, 0) is 61.2 Å². The van der Waals surface area contributed by atoms with Crippen LogP contribution in [0.5, 0.6) is 5.75 Å². The van der Waals surface area contributed by atoms with Crippen molar-refractivity contribution in [2.75, 3.05) is 26.7 Å². The Morgan fingerprint density at radius 3 is 2.57 bits per heavy atom. The van der Waals surface area contributed by atoms with Gasteiger partial charge in [-0.25, -0.2) is 0 Å². The Morgan fingerprint density at radius 2 is 1.89 bits per heavy atom. The highest BCUT2D eigenvalue weighted by Gasteiger charge is 2.20. The van der Waals surface area contributed by atoms with E-state index in [-0.39, 0.29) is 11.8 Å². The van der Waals surface area contributed by atoms with E-state index in [1.165, 1.54) is 0 Å². The van der Waals surface area contributed by atoms with Gasteiger partial charge in [0.1, 0.15) is 12.4 Å². The number of ether oxygens (including phenoxy) is 1. The van der Waals surface area contributed by atoms with Crippen LogP contribution < -0.4 is 4.74 Å². The van der Waals surface area contributed by atoms with Gasteiger partial charge < -0.3 is 14.5 Å². The summed E-state index contributed by atoms with van der Waals surface area (Å²) in [5.41, 5.74) is 3.94. The molecule has 2 amide bonds. The fourth-order valence-electron chi connectivity index (χ4n) is 3.53. The minimum atomic E-state index is -0.0429. The summed E-state index contributed by atoms with van der Waals surface area (Å²) in [4.78, 5) is 28.1. The Hall–Kier alpha value is -2.82. The summed E-state index contributed by atoms with van der Waals surface area (Å²) in [6, 6.07) is 13.6. The molecule has 0 spiro atoms. The minimum Gasteiger partial charge on any atom is -0.492 e. The highest BCUT2D eigenvalue weighted by Crippen LogP contribution is 2.17. The molecule has 0 atom stereocenters. The zero-order valence-electron chi connectivity index (χ0n) is 16.9. The zero-order chi connectivity index (χ0) is 20.1. The van der Waals surface area contributed by atoms with Crippen molar-refractivity contribution < 1.29 is 14.3 Å². The number of benzene rings is 2. The second-order valence-electron chi connectivity index (χ2n) is 7.52. The number of carbonyl (C=O) groups excluding carboxylic acids is 2. The molecular formula is C23H28N2O3. The second-order valence-corrected chi connectivity index (χ2v) is 7.52. The standard InChI is InChI=1S/C23H28N2O3/c1-17-12-18(2)14-21(13-17)28-11-10-24(3)23(27)20-7-4-6-19(15-20)16-25-9-5-8-22(25)26/h4,6-7,12-15H,5,8-11,16H2,1-3H3. The van der Waals surface area contributed by atoms with Crippen molar-refractivity contribution in [1.82, 2.24) is 9.80 Å². The highest BCUT2D eigenvalue weighted by atomic mass is 16.5. The van der Waals surface area contributed by atoms with E-state index in [9.17, 15) is 9.59 Å². The molecule has 28 heavy (non-hydrogen) atoms. The van der Waals surface area contributed by atoms with Crippen LogP contribution in [0, 0.1) is 13.8 Å². The Kier molecular flexibility index (Phi) is 6.34. The van der Waals surface area contributed by atoms with E-state index in [1.807, 2.05) is 55.1 Å². The van der Waals surface area contributed by atoms with Gasteiger partial charge in [-0.2, -0.15) is 0 Å². The van der Waals surface area contributed by atoms with E-state index >= 15 is 0 Å². The topological polar surface area (TPSA) is 49.9 Å². The van der Waals surface area contributed by atoms with E-state index in [0.29, 0.717) is 31.7 Å². The first-order valence-corrected chi connectivity index (χ1v) is 9.75. The summed E-state index contributed by atoms with van der Waals surface area (Å²) in [6.45, 7) is 6.39. The molecule has 0 radical (unpaired) electrons. The van der Waals surface area contributed by atoms with Gasteiger partial charge in [-0.15, -0.1) is 0 Å². The molecular weight excluding hydrogens is 352 g/mol. The van der Waals surface area contributed by atoms with Crippen LogP contribution in [0.25, 0.3) is 0 Å². The predicted molar refractivity (Wildman–Crippen MR) is 109 cm³/mol. The van der Waals surface area contributed by atoms with E-state index in [4.69, 9.17) is 4.74 Å². The van der Waals surface area contributed by atoms with Crippen molar-refractivity contribution in [2.45, 2.75) is 33.2 Å². The smallest absolute Gasteiger partial charge is 0.253 e. The minimum absolute atomic E-state index is 0.0429. The Balaban J connectivity index is 1.55. The lowest BCUT2D eigenvalue weighted by Gasteiger charge is -2.19. The first kappa shape index (κ1) is 19.9. The van der Waals surface area contributed by atoms with E-state index in [2.05, 4.69) is 6.07 Å². The number of aryl methyl sites for hydroxylation is 2. The van der Waals surface area contributed by atoms with Gasteiger partial charge in [0, 0.05) is 32.1 Å². The summed E-state index contributed by atoms with van der Waals surface area (Å²) in [7, 11) is 1.78. The lowest BCUT2D eigenvalue weighted by Crippen LogP contribution is -2.31. The Morgan fingerprint density at radius 1 is 1.14 bits per heavy atom. The molecule has 0 unspecified atom stereocenters. The van der Waals surface area contributed by atoms with Gasteiger partial charge in [-0.3, -0.25) is 9.59 Å². The maximum atomic E-state index is 12.7. The maximum Gasteiger partial charge on any atom is 0.253 e. The number of carbonyl (C=O) groups is 2. The van der Waals surface area contributed by atoms with Gasteiger partial charge in [-0.1, -0.05) is 18.2 Å². The Labute approximate surface area is 166 Å². The lowest BCUT2D eigenvalue weighted by molar-refractivity contribution is -0.128. The van der Waals surface area contributed by atoms with E-state index < -0.39 is 0 Å². The van der Waals surface area contributed by atoms with Crippen LogP contribution in [-0.2, 0) is 11.3 Å². The third-order valence-corrected chi connectivity index (χ3v) is 4.96. The van der Waals surface area contributed by atoms with E-state index in [0.717, 1.165) is 35.4 Å². The highest BCUT2D eigenvalue weighted by molar-refractivity contribution is 5.94. The number of hydrogen-bond donors (Lipinski definition) is 0. The van der Waals surface area contributed by atoms with Crippen molar-refractivity contribution in [2.24, 2.45) is 0 Å². The van der Waals surface area contributed by atoms with E-state index in [1.54, 1.807) is 11.9 Å². The molecule has 1 aliphatic heterocycles. The molecule has 1 saturated heterocycles. The first-order valence-electron chi connectivity index (χ1n) is 9.75. The predicted octanol–water partition coefficient (Wildman–Crippen LogP) is 3.58. The normalized spacial score (nSPS) is 13.7. The fraction of sp³-hybridized carbons (Fsp3) is 0.391. The van der Waals surface area contributed by atoms with Crippen LogP contribution in [0.4, 0.5) is 0 Å². The number of hydrogen-bond acceptors (Lipinski definition) is 3. The molecule has 5 nitrogen and oxygen atoms in total. The number of amides is 2. The van der Waals surface area contributed by atoms with Gasteiger partial charge in [0.2, 0.25) is 5.91 Å². The summed E-state index contributed by atoms with van der Waals surface area (Å²) >= 11 is 0. The van der Waals surface area contributed by atoms with Crippen molar-refractivity contribution in [3.63, 3.8) is 0 Å². The molecule has 0 aliphatic carbocycles. The summed E-state index contributed by atoms with van der Waals surface area (Å²) in [6.07, 6.45) is 1.54. The molecule has 2 aromatic rings. The number of nitrogens with zero attached hydrogens (tertiary/aromatic N) is 2. The molecule has 1 heterocycles. The largest absolute Gasteiger partial charge is 0.492 e. The molecule has 0 bridgehead atoms. The average molecular weight is 380 g/mol. The van der Waals surface area contributed by atoms with Crippen LogP contribution in [0.15, 0.2) is 42.5 Å². The lowest BCUT2D eigenvalue weighted by atomic mass is 10.1. The molecule has 1 aliphatic rings. The Bertz CT molecular complexity index is 842. The fourth-order valence-corrected chi connectivity index (χ4v) is 3.53. The number of rotatable bonds is 7. The third kappa shape index (κ3) is 5.12. The molecule has 3 rings (SSSR count). The van der Waals surface area contributed by atoms with Crippen LogP contribution in [0.2, 0.25) is 0 Å². The van der Waals surface area contributed by atoms with Crippen LogP contribution in [0.3, 0.4) is 0 Å². The summed E-state index contributed by atoms with van der Waals surface area (Å²) < 4.78 is 5.81. The van der Waals surface area contributed by atoms with Crippen molar-refractivity contribution in [3.8, 4) is 5.75 Å². The van der Waals surface area contributed by atoms with Crippen molar-refractivity contribution in [1.29, 1.82) is 0 Å². The molecule has 5 heteroatoms. The average Bonchev–Trinajstić information content (AvgIpc) is 3.05. The molecule has 0 aromatic heterocycles. The maximum absolute atomic E-state index is 12.7. The second kappa shape index (κ2) is 8.91. The van der Waals surface area contributed by atoms with Crippen molar-refractivity contribution >= 4 is 11.8 Å². The monoisotopic (exact) mass is 380 g/mol. The quantitative estimate of drug-likeness (QED) is 0.738. The molecule has 1 fully saturated rings. The van der Waals surface area contributed by atoms with Crippen molar-refractivity contribution in [3.05, 3.63) is 64.7 Å². The van der Waals surface area contributed by atoms with Gasteiger partial charge >= 0.3 is 0 Å². The zero-order valence-corrected chi connectivity index (χ0v) is 16.9. The van der Waals surface area contributed by atoms with Crippen LogP contribution in [0.1, 0.15) is 39.9 Å². The molecule has 148 valence electrons. The van der Waals surface area contributed by atoms with Gasteiger partial charge in [0.15, 0.2) is 0 Å². The van der Waals surface area contributed by atoms with Gasteiger partial charge in [0.25, 0.3) is 5.91 Å².